The Kier molecular flexibility index (Phi) is 6.34. The fourth-order valence-electron chi connectivity index (χ4n) is 2.95. The van der Waals surface area contributed by atoms with Crippen LogP contribution in [-0.4, -0.2) is 51.8 Å². The van der Waals surface area contributed by atoms with Gasteiger partial charge in [0.1, 0.15) is 0 Å². The summed E-state index contributed by atoms with van der Waals surface area (Å²) in [4.78, 5) is 4.47. The van der Waals surface area contributed by atoms with E-state index in [1.165, 1.54) is 11.1 Å². The maximum Gasteiger partial charge on any atom is 0.0784 e. The van der Waals surface area contributed by atoms with Crippen LogP contribution in [0.25, 0.3) is 0 Å². The minimum atomic E-state index is -1.45. The molecule has 1 rings (SSSR count). The summed E-state index contributed by atoms with van der Waals surface area (Å²) in [5, 5.41) is 5.46. The third-order valence-corrected chi connectivity index (χ3v) is 5.78. The van der Waals surface area contributed by atoms with Gasteiger partial charge in [-0.05, 0) is 63.9 Å². The SMILES string of the molecule is C/C(=N/N)c1cc(CN(C)C)c([Si](C)(C)C)c(CN(C)C)c1. The number of hydrogen-bond acceptors (Lipinski definition) is 4. The maximum atomic E-state index is 5.51. The highest BCUT2D eigenvalue weighted by Gasteiger charge is 2.25. The van der Waals surface area contributed by atoms with Crippen LogP contribution in [-0.2, 0) is 13.1 Å². The van der Waals surface area contributed by atoms with Gasteiger partial charge in [0.25, 0.3) is 0 Å². The molecule has 0 spiro atoms. The van der Waals surface area contributed by atoms with Crippen LogP contribution in [0.1, 0.15) is 23.6 Å². The minimum Gasteiger partial charge on any atom is -0.323 e. The molecule has 0 heterocycles. The Morgan fingerprint density at radius 3 is 1.68 bits per heavy atom. The third-order valence-electron chi connectivity index (χ3n) is 3.64. The van der Waals surface area contributed by atoms with Crippen molar-refractivity contribution in [1.29, 1.82) is 0 Å². The summed E-state index contributed by atoms with van der Waals surface area (Å²) in [6, 6.07) is 4.55. The molecule has 0 fully saturated rings. The smallest absolute Gasteiger partial charge is 0.0784 e. The van der Waals surface area contributed by atoms with Crippen LogP contribution in [0, 0.1) is 0 Å². The summed E-state index contributed by atoms with van der Waals surface area (Å²) in [6.45, 7) is 11.1. The van der Waals surface area contributed by atoms with Gasteiger partial charge in [-0.1, -0.05) is 24.8 Å². The van der Waals surface area contributed by atoms with Crippen LogP contribution < -0.4 is 11.0 Å². The quantitative estimate of drug-likeness (QED) is 0.377. The molecule has 0 aromatic heterocycles. The molecule has 0 unspecified atom stereocenters. The van der Waals surface area contributed by atoms with Crippen molar-refractivity contribution < 1.29 is 0 Å². The van der Waals surface area contributed by atoms with E-state index in [2.05, 4.69) is 74.9 Å². The van der Waals surface area contributed by atoms with Crippen molar-refractivity contribution in [3.05, 3.63) is 28.8 Å². The Labute approximate surface area is 137 Å². The van der Waals surface area contributed by atoms with Gasteiger partial charge in [0.2, 0.25) is 0 Å². The molecule has 0 saturated carbocycles. The average Bonchev–Trinajstić information content (AvgIpc) is 2.34. The van der Waals surface area contributed by atoms with E-state index in [0.717, 1.165) is 24.4 Å². The zero-order valence-corrected chi connectivity index (χ0v) is 16.5. The Balaban J connectivity index is 3.60. The molecule has 22 heavy (non-hydrogen) atoms. The van der Waals surface area contributed by atoms with E-state index in [4.69, 9.17) is 5.84 Å². The van der Waals surface area contributed by atoms with Crippen molar-refractivity contribution in [2.75, 3.05) is 28.2 Å². The normalized spacial score (nSPS) is 13.3. The van der Waals surface area contributed by atoms with E-state index in [-0.39, 0.29) is 0 Å². The number of nitrogens with zero attached hydrogens (tertiary/aromatic N) is 3. The van der Waals surface area contributed by atoms with Crippen molar-refractivity contribution in [3.63, 3.8) is 0 Å². The fourth-order valence-corrected chi connectivity index (χ4v) is 5.17. The van der Waals surface area contributed by atoms with E-state index in [0.29, 0.717) is 0 Å². The monoisotopic (exact) mass is 320 g/mol. The molecular weight excluding hydrogens is 288 g/mol. The number of hydrogen-bond donors (Lipinski definition) is 1. The molecule has 1 aromatic carbocycles. The Bertz CT molecular complexity index is 511. The summed E-state index contributed by atoms with van der Waals surface area (Å²) in [7, 11) is 7.04. The van der Waals surface area contributed by atoms with Gasteiger partial charge in [0, 0.05) is 13.1 Å². The Morgan fingerprint density at radius 2 is 1.41 bits per heavy atom. The number of rotatable bonds is 6. The highest BCUT2D eigenvalue weighted by Crippen LogP contribution is 2.18. The Hall–Kier alpha value is -1.17. The first-order chi connectivity index (χ1) is 10.1. The van der Waals surface area contributed by atoms with Crippen molar-refractivity contribution in [1.82, 2.24) is 9.80 Å². The summed E-state index contributed by atoms with van der Waals surface area (Å²) < 4.78 is 0. The summed E-state index contributed by atoms with van der Waals surface area (Å²) in [6.07, 6.45) is 0. The van der Waals surface area contributed by atoms with Gasteiger partial charge >= 0.3 is 0 Å². The van der Waals surface area contributed by atoms with Gasteiger partial charge in [-0.15, -0.1) is 0 Å². The van der Waals surface area contributed by atoms with E-state index in [1.54, 1.807) is 5.19 Å². The molecule has 1 aromatic rings. The second kappa shape index (κ2) is 7.40. The van der Waals surface area contributed by atoms with Crippen LogP contribution in [0.2, 0.25) is 19.6 Å². The molecule has 0 aliphatic rings. The van der Waals surface area contributed by atoms with Gasteiger partial charge in [0.15, 0.2) is 0 Å². The second-order valence-electron chi connectivity index (χ2n) is 7.61. The predicted octanol–water partition coefficient (Wildman–Crippen LogP) is 2.04. The van der Waals surface area contributed by atoms with E-state index < -0.39 is 8.07 Å². The zero-order valence-electron chi connectivity index (χ0n) is 15.5. The molecule has 124 valence electrons. The topological polar surface area (TPSA) is 44.9 Å². The number of nitrogens with two attached hydrogens (primary N) is 1. The van der Waals surface area contributed by atoms with Crippen LogP contribution in [0.3, 0.4) is 0 Å². The number of benzene rings is 1. The molecular formula is C17H32N4Si. The van der Waals surface area contributed by atoms with E-state index >= 15 is 0 Å². The lowest BCUT2D eigenvalue weighted by molar-refractivity contribution is 0.397. The van der Waals surface area contributed by atoms with Gasteiger partial charge in [0.05, 0.1) is 13.8 Å². The summed E-state index contributed by atoms with van der Waals surface area (Å²) in [5.74, 6) is 5.51. The predicted molar refractivity (Wildman–Crippen MR) is 101 cm³/mol. The molecule has 0 saturated heterocycles. The highest BCUT2D eigenvalue weighted by atomic mass is 28.3. The molecule has 5 heteroatoms. The molecule has 0 radical (unpaired) electrons. The molecule has 0 aliphatic carbocycles. The van der Waals surface area contributed by atoms with Gasteiger partial charge in [-0.25, -0.2) is 0 Å². The van der Waals surface area contributed by atoms with E-state index in [1.807, 2.05) is 6.92 Å². The largest absolute Gasteiger partial charge is 0.323 e. The maximum absolute atomic E-state index is 5.51. The lowest BCUT2D eigenvalue weighted by atomic mass is 10.0. The van der Waals surface area contributed by atoms with Crippen LogP contribution in [0.4, 0.5) is 0 Å². The van der Waals surface area contributed by atoms with Crippen molar-refractivity contribution >= 4 is 19.0 Å². The van der Waals surface area contributed by atoms with Gasteiger partial charge in [-0.3, -0.25) is 0 Å². The van der Waals surface area contributed by atoms with Crippen molar-refractivity contribution in [2.45, 2.75) is 39.7 Å². The zero-order chi connectivity index (χ0) is 17.1. The van der Waals surface area contributed by atoms with Crippen LogP contribution in [0.5, 0.6) is 0 Å². The lowest BCUT2D eigenvalue weighted by Crippen LogP contribution is -2.44. The molecule has 4 nitrogen and oxygen atoms in total. The van der Waals surface area contributed by atoms with Gasteiger partial charge < -0.3 is 15.6 Å². The molecule has 0 bridgehead atoms. The summed E-state index contributed by atoms with van der Waals surface area (Å²) >= 11 is 0. The number of hydrazone groups is 1. The van der Waals surface area contributed by atoms with Crippen molar-refractivity contribution in [2.24, 2.45) is 10.9 Å². The highest BCUT2D eigenvalue weighted by molar-refractivity contribution is 6.89. The minimum absolute atomic E-state index is 0.891. The first-order valence-electron chi connectivity index (χ1n) is 7.76. The van der Waals surface area contributed by atoms with Crippen LogP contribution >= 0.6 is 0 Å². The summed E-state index contributed by atoms with van der Waals surface area (Å²) in [5.41, 5.74) is 4.86. The standard InChI is InChI=1S/C17H32N4Si/c1-13(19-18)14-9-15(11-20(2)3)17(22(6,7)8)16(10-14)12-21(4)5/h9-10H,11-12,18H2,1-8H3/b19-13-. The van der Waals surface area contributed by atoms with Crippen LogP contribution in [0.15, 0.2) is 17.2 Å². The lowest BCUT2D eigenvalue weighted by Gasteiger charge is -2.28. The first-order valence-corrected chi connectivity index (χ1v) is 11.3. The van der Waals surface area contributed by atoms with Crippen molar-refractivity contribution in [3.8, 4) is 0 Å². The average molecular weight is 321 g/mol. The Morgan fingerprint density at radius 1 is 1.00 bits per heavy atom. The fraction of sp³-hybridized carbons (Fsp3) is 0.588. The third kappa shape index (κ3) is 4.93. The van der Waals surface area contributed by atoms with E-state index in [9.17, 15) is 0 Å². The first kappa shape index (κ1) is 18.9. The molecule has 0 aliphatic heterocycles. The molecule has 2 N–H and O–H groups in total. The second-order valence-corrected chi connectivity index (χ2v) is 12.6. The molecule has 0 amide bonds. The molecule has 0 atom stereocenters. The van der Waals surface area contributed by atoms with Gasteiger partial charge in [-0.2, -0.15) is 5.10 Å².